The first-order chi connectivity index (χ1) is 10.5. The summed E-state index contributed by atoms with van der Waals surface area (Å²) in [6.07, 6.45) is 0.0335. The number of thiophene rings is 1. The van der Waals surface area contributed by atoms with Gasteiger partial charge in [0.1, 0.15) is 10.0 Å². The minimum absolute atomic E-state index is 0.0233. The highest BCUT2D eigenvalue weighted by Crippen LogP contribution is 2.14. The molecule has 0 radical (unpaired) electrons. The maximum Gasteiger partial charge on any atom is 0.250 e. The number of nitrogens with one attached hydrogen (secondary N) is 2. The molecule has 1 amide bonds. The molecule has 0 aliphatic heterocycles. The van der Waals surface area contributed by atoms with Crippen molar-refractivity contribution >= 4 is 27.3 Å². The number of benzene rings is 1. The number of carbonyl (C=O) groups excluding carboxylic acids is 1. The Hall–Kier alpha value is -1.77. The van der Waals surface area contributed by atoms with Gasteiger partial charge in [-0.15, -0.1) is 11.3 Å². The number of halogens is 1. The summed E-state index contributed by atoms with van der Waals surface area (Å²) in [6, 6.07) is 8.94. The van der Waals surface area contributed by atoms with Gasteiger partial charge in [-0.2, -0.15) is 0 Å². The molecule has 2 N–H and O–H groups in total. The molecule has 5 nitrogen and oxygen atoms in total. The normalized spacial score (nSPS) is 11.3. The van der Waals surface area contributed by atoms with Gasteiger partial charge in [0.05, 0.1) is 0 Å². The van der Waals surface area contributed by atoms with Gasteiger partial charge in [-0.3, -0.25) is 4.79 Å². The molecular formula is C14H15FN2O3S2. The van der Waals surface area contributed by atoms with Crippen LogP contribution in [0.25, 0.3) is 0 Å². The standard InChI is InChI=1S/C14H15FN2O3S2/c15-12-5-3-11(4-6-12)10-16-13(18)7-8-17-22(19,20)14-2-1-9-21-14/h1-6,9,17H,7-8,10H2,(H,16,18). The average molecular weight is 342 g/mol. The van der Waals surface area contributed by atoms with Crippen molar-refractivity contribution in [1.82, 2.24) is 10.0 Å². The van der Waals surface area contributed by atoms with Crippen LogP contribution >= 0.6 is 11.3 Å². The van der Waals surface area contributed by atoms with E-state index in [0.717, 1.165) is 16.9 Å². The second-order valence-corrected chi connectivity index (χ2v) is 7.42. The molecule has 1 aromatic heterocycles. The molecule has 118 valence electrons. The summed E-state index contributed by atoms with van der Waals surface area (Å²) in [5, 5.41) is 4.32. The van der Waals surface area contributed by atoms with Crippen LogP contribution in [-0.4, -0.2) is 20.9 Å². The summed E-state index contributed by atoms with van der Waals surface area (Å²) in [6.45, 7) is 0.298. The van der Waals surface area contributed by atoms with Crippen LogP contribution in [0.3, 0.4) is 0 Å². The number of amides is 1. The first-order valence-corrected chi connectivity index (χ1v) is 8.88. The number of rotatable bonds is 7. The molecule has 1 heterocycles. The van der Waals surface area contributed by atoms with Crippen molar-refractivity contribution in [1.29, 1.82) is 0 Å². The molecule has 2 aromatic rings. The lowest BCUT2D eigenvalue weighted by Crippen LogP contribution is -2.30. The van der Waals surface area contributed by atoms with Gasteiger partial charge >= 0.3 is 0 Å². The van der Waals surface area contributed by atoms with Gasteiger partial charge in [-0.1, -0.05) is 18.2 Å². The van der Waals surface area contributed by atoms with Crippen LogP contribution in [-0.2, 0) is 21.4 Å². The lowest BCUT2D eigenvalue weighted by molar-refractivity contribution is -0.121. The molecule has 0 unspecified atom stereocenters. The van der Waals surface area contributed by atoms with Gasteiger partial charge in [-0.05, 0) is 29.1 Å². The average Bonchev–Trinajstić information content (AvgIpc) is 3.01. The Kier molecular flexibility index (Phi) is 5.64. The van der Waals surface area contributed by atoms with Gasteiger partial charge in [0.25, 0.3) is 0 Å². The van der Waals surface area contributed by atoms with E-state index in [4.69, 9.17) is 0 Å². The molecule has 8 heteroatoms. The van der Waals surface area contributed by atoms with Crippen LogP contribution in [0.15, 0.2) is 46.0 Å². The van der Waals surface area contributed by atoms with Crippen LogP contribution in [0, 0.1) is 5.82 Å². The number of sulfonamides is 1. The lowest BCUT2D eigenvalue weighted by atomic mass is 10.2. The summed E-state index contributed by atoms with van der Waals surface area (Å²) in [5.41, 5.74) is 0.772. The second kappa shape index (κ2) is 7.48. The van der Waals surface area contributed by atoms with Gasteiger partial charge in [0, 0.05) is 19.5 Å². The maximum absolute atomic E-state index is 12.7. The molecule has 0 bridgehead atoms. The van der Waals surface area contributed by atoms with Gasteiger partial charge in [0.15, 0.2) is 0 Å². The van der Waals surface area contributed by atoms with E-state index in [1.807, 2.05) is 0 Å². The Morgan fingerprint density at radius 1 is 1.18 bits per heavy atom. The van der Waals surface area contributed by atoms with Crippen molar-refractivity contribution in [2.45, 2.75) is 17.2 Å². The largest absolute Gasteiger partial charge is 0.352 e. The Bertz CT molecular complexity index is 713. The number of hydrogen-bond acceptors (Lipinski definition) is 4. The Morgan fingerprint density at radius 3 is 2.55 bits per heavy atom. The van der Waals surface area contributed by atoms with E-state index in [9.17, 15) is 17.6 Å². The second-order valence-electron chi connectivity index (χ2n) is 4.48. The van der Waals surface area contributed by atoms with Gasteiger partial charge in [0.2, 0.25) is 15.9 Å². The maximum atomic E-state index is 12.7. The zero-order chi connectivity index (χ0) is 16.0. The van der Waals surface area contributed by atoms with Gasteiger partial charge < -0.3 is 5.32 Å². The third kappa shape index (κ3) is 4.90. The zero-order valence-corrected chi connectivity index (χ0v) is 13.2. The molecule has 0 aliphatic rings. The van der Waals surface area contributed by atoms with Crippen LogP contribution in [0.1, 0.15) is 12.0 Å². The van der Waals surface area contributed by atoms with E-state index in [-0.39, 0.29) is 35.4 Å². The fraction of sp³-hybridized carbons (Fsp3) is 0.214. The van der Waals surface area contributed by atoms with Crippen molar-refractivity contribution in [2.75, 3.05) is 6.54 Å². The minimum Gasteiger partial charge on any atom is -0.352 e. The molecule has 1 aromatic carbocycles. The summed E-state index contributed by atoms with van der Waals surface area (Å²) in [4.78, 5) is 11.6. The molecule has 22 heavy (non-hydrogen) atoms. The predicted molar refractivity (Wildman–Crippen MR) is 82.4 cm³/mol. The Balaban J connectivity index is 1.73. The first-order valence-electron chi connectivity index (χ1n) is 6.52. The lowest BCUT2D eigenvalue weighted by Gasteiger charge is -2.06. The smallest absolute Gasteiger partial charge is 0.250 e. The van der Waals surface area contributed by atoms with E-state index in [1.165, 1.54) is 18.2 Å². The van der Waals surface area contributed by atoms with Crippen LogP contribution in [0.4, 0.5) is 4.39 Å². The summed E-state index contributed by atoms with van der Waals surface area (Å²) < 4.78 is 39.0. The third-order valence-electron chi connectivity index (χ3n) is 2.81. The first kappa shape index (κ1) is 16.6. The Labute approximate surface area is 132 Å². The van der Waals surface area contributed by atoms with E-state index in [0.29, 0.717) is 0 Å². The molecule has 0 aliphatic carbocycles. The SMILES string of the molecule is O=C(CCNS(=O)(=O)c1cccs1)NCc1ccc(F)cc1. The Morgan fingerprint density at radius 2 is 1.91 bits per heavy atom. The van der Waals surface area contributed by atoms with Crippen molar-refractivity contribution < 1.29 is 17.6 Å². The van der Waals surface area contributed by atoms with Crippen LogP contribution in [0.2, 0.25) is 0 Å². The number of carbonyl (C=O) groups is 1. The summed E-state index contributed by atoms with van der Waals surface area (Å²) in [7, 11) is -3.54. The van der Waals surface area contributed by atoms with Gasteiger partial charge in [-0.25, -0.2) is 17.5 Å². The fourth-order valence-electron chi connectivity index (χ4n) is 1.68. The number of hydrogen-bond donors (Lipinski definition) is 2. The van der Waals surface area contributed by atoms with E-state index in [1.54, 1.807) is 23.6 Å². The quantitative estimate of drug-likeness (QED) is 0.807. The van der Waals surface area contributed by atoms with Crippen LogP contribution in [0.5, 0.6) is 0 Å². The van der Waals surface area contributed by atoms with E-state index < -0.39 is 10.0 Å². The predicted octanol–water partition coefficient (Wildman–Crippen LogP) is 1.87. The third-order valence-corrected chi connectivity index (χ3v) is 5.67. The highest BCUT2D eigenvalue weighted by molar-refractivity contribution is 7.91. The molecule has 0 fully saturated rings. The summed E-state index contributed by atoms with van der Waals surface area (Å²) in [5.74, 6) is -0.615. The van der Waals surface area contributed by atoms with Crippen molar-refractivity contribution in [3.63, 3.8) is 0 Å². The fourth-order valence-corrected chi connectivity index (χ4v) is 3.75. The minimum atomic E-state index is -3.54. The zero-order valence-electron chi connectivity index (χ0n) is 11.6. The highest BCUT2D eigenvalue weighted by Gasteiger charge is 2.14. The monoisotopic (exact) mass is 342 g/mol. The molecule has 0 atom stereocenters. The van der Waals surface area contributed by atoms with Crippen LogP contribution < -0.4 is 10.0 Å². The molecule has 0 spiro atoms. The summed E-state index contributed by atoms with van der Waals surface area (Å²) >= 11 is 1.12. The molecular weight excluding hydrogens is 327 g/mol. The van der Waals surface area contributed by atoms with Crippen molar-refractivity contribution in [3.8, 4) is 0 Å². The molecule has 2 rings (SSSR count). The molecule has 0 saturated heterocycles. The van der Waals surface area contributed by atoms with Crippen molar-refractivity contribution in [3.05, 3.63) is 53.2 Å². The topological polar surface area (TPSA) is 75.3 Å². The highest BCUT2D eigenvalue weighted by atomic mass is 32.2. The van der Waals surface area contributed by atoms with E-state index >= 15 is 0 Å². The van der Waals surface area contributed by atoms with Crippen molar-refractivity contribution in [2.24, 2.45) is 0 Å². The van der Waals surface area contributed by atoms with E-state index in [2.05, 4.69) is 10.0 Å². The molecule has 0 saturated carbocycles.